The van der Waals surface area contributed by atoms with E-state index < -0.39 is 17.8 Å². The fraction of sp³-hybridized carbons (Fsp3) is 0.571. The molecule has 1 saturated carbocycles. The van der Waals surface area contributed by atoms with E-state index in [1.54, 1.807) is 0 Å². The largest absolute Gasteiger partial charge is 0.336 e. The summed E-state index contributed by atoms with van der Waals surface area (Å²) in [6.07, 6.45) is 6.94. The lowest BCUT2D eigenvalue weighted by atomic mass is 9.90. The summed E-state index contributed by atoms with van der Waals surface area (Å²) in [5.41, 5.74) is 4.31. The summed E-state index contributed by atoms with van der Waals surface area (Å²) in [6, 6.07) is 0. The summed E-state index contributed by atoms with van der Waals surface area (Å²) in [4.78, 5) is 43.6. The molecule has 1 fully saturated rings. The number of hydrogen-bond acceptors (Lipinski definition) is 4. The molecule has 1 aromatic carbocycles. The first-order chi connectivity index (χ1) is 12.3. The Morgan fingerprint density at radius 3 is 1.65 bits per heavy atom. The number of hydrogen-bond donors (Lipinski definition) is 0. The quantitative estimate of drug-likeness (QED) is 0.739. The molecule has 0 atom stereocenters. The Balaban J connectivity index is 1.85. The third-order valence-electron chi connectivity index (χ3n) is 6.10. The van der Waals surface area contributed by atoms with Gasteiger partial charge in [0.05, 0.1) is 17.0 Å². The summed E-state index contributed by atoms with van der Waals surface area (Å²) in [6.45, 7) is 7.57. The molecule has 2 amide bonds. The Hall–Kier alpha value is -2.17. The van der Waals surface area contributed by atoms with Crippen molar-refractivity contribution in [1.29, 1.82) is 0 Å². The van der Waals surface area contributed by atoms with Crippen molar-refractivity contribution in [3.8, 4) is 0 Å². The second-order valence-electron chi connectivity index (χ2n) is 7.61. The molecule has 0 radical (unpaired) electrons. The third kappa shape index (κ3) is 3.04. The molecular formula is C21H27NO4. The minimum Gasteiger partial charge on any atom is -0.329 e. The number of carbonyl (C=O) groups is 3. The van der Waals surface area contributed by atoms with Crippen molar-refractivity contribution < 1.29 is 19.2 Å². The predicted octanol–water partition coefficient (Wildman–Crippen LogP) is 4.33. The van der Waals surface area contributed by atoms with Crippen molar-refractivity contribution in [1.82, 2.24) is 5.06 Å². The molecule has 3 rings (SSSR count). The summed E-state index contributed by atoms with van der Waals surface area (Å²) in [5.74, 6) is -1.73. The van der Waals surface area contributed by atoms with Crippen LogP contribution in [-0.2, 0) is 9.63 Å². The second-order valence-corrected chi connectivity index (χ2v) is 7.61. The van der Waals surface area contributed by atoms with Gasteiger partial charge in [-0.15, -0.1) is 0 Å². The number of rotatable bonds is 2. The van der Waals surface area contributed by atoms with Crippen LogP contribution in [0.4, 0.5) is 0 Å². The van der Waals surface area contributed by atoms with Gasteiger partial charge in [-0.3, -0.25) is 9.59 Å². The van der Waals surface area contributed by atoms with E-state index >= 15 is 0 Å². The molecule has 0 unspecified atom stereocenters. The van der Waals surface area contributed by atoms with Crippen LogP contribution in [0.25, 0.3) is 0 Å². The summed E-state index contributed by atoms with van der Waals surface area (Å²) < 4.78 is 0. The van der Waals surface area contributed by atoms with E-state index in [0.29, 0.717) is 16.2 Å². The lowest BCUT2D eigenvalue weighted by Gasteiger charge is -2.20. The maximum absolute atomic E-state index is 12.8. The highest BCUT2D eigenvalue weighted by Crippen LogP contribution is 2.34. The summed E-state index contributed by atoms with van der Waals surface area (Å²) >= 11 is 0. The first-order valence-corrected chi connectivity index (χ1v) is 9.55. The van der Waals surface area contributed by atoms with E-state index in [-0.39, 0.29) is 5.92 Å². The maximum atomic E-state index is 12.8. The number of fused-ring (bicyclic) bond motifs is 1. The maximum Gasteiger partial charge on any atom is 0.336 e. The normalized spacial score (nSPS) is 18.5. The minimum atomic E-state index is -0.520. The topological polar surface area (TPSA) is 63.7 Å². The number of carbonyl (C=O) groups excluding carboxylic acids is 3. The number of amides is 2. The first kappa shape index (κ1) is 18.6. The molecule has 140 valence electrons. The third-order valence-corrected chi connectivity index (χ3v) is 6.10. The van der Waals surface area contributed by atoms with Crippen LogP contribution >= 0.6 is 0 Å². The number of hydroxylamine groups is 2. The summed E-state index contributed by atoms with van der Waals surface area (Å²) in [7, 11) is 0. The van der Waals surface area contributed by atoms with E-state index in [9.17, 15) is 14.4 Å². The second kappa shape index (κ2) is 7.22. The summed E-state index contributed by atoms with van der Waals surface area (Å²) in [5, 5.41) is 0.685. The fourth-order valence-electron chi connectivity index (χ4n) is 4.08. The number of imide groups is 1. The van der Waals surface area contributed by atoms with Gasteiger partial charge in [-0.2, -0.15) is 0 Å². The molecule has 1 aromatic rings. The lowest BCUT2D eigenvalue weighted by molar-refractivity contribution is -0.174. The van der Waals surface area contributed by atoms with Crippen molar-refractivity contribution in [3.63, 3.8) is 0 Å². The molecule has 1 aliphatic heterocycles. The van der Waals surface area contributed by atoms with Gasteiger partial charge in [0.1, 0.15) is 0 Å². The van der Waals surface area contributed by atoms with Gasteiger partial charge in [0.15, 0.2) is 0 Å². The van der Waals surface area contributed by atoms with Gasteiger partial charge < -0.3 is 4.84 Å². The SMILES string of the molecule is Cc1c(C)c(C)c2c(c1C)C(=O)N(OC(=O)C1CCCCCCC1)C2=O. The van der Waals surface area contributed by atoms with E-state index in [2.05, 4.69) is 0 Å². The Kier molecular flexibility index (Phi) is 5.17. The number of nitrogens with zero attached hydrogens (tertiary/aromatic N) is 1. The van der Waals surface area contributed by atoms with Crippen molar-refractivity contribution >= 4 is 17.8 Å². The minimum absolute atomic E-state index is 0.231. The van der Waals surface area contributed by atoms with Gasteiger partial charge in [-0.25, -0.2) is 4.79 Å². The van der Waals surface area contributed by atoms with Crippen LogP contribution in [0, 0.1) is 33.6 Å². The zero-order valence-electron chi connectivity index (χ0n) is 16.1. The van der Waals surface area contributed by atoms with E-state index in [1.165, 1.54) is 6.42 Å². The van der Waals surface area contributed by atoms with Crippen molar-refractivity contribution in [2.75, 3.05) is 0 Å². The zero-order valence-corrected chi connectivity index (χ0v) is 16.1. The number of benzene rings is 1. The standard InChI is InChI=1S/C21H27NO4/c1-12-13(2)15(4)18-17(14(12)3)19(23)22(20(18)24)26-21(25)16-10-8-6-5-7-9-11-16/h16H,5-11H2,1-4H3. The van der Waals surface area contributed by atoms with Crippen LogP contribution in [-0.4, -0.2) is 22.8 Å². The van der Waals surface area contributed by atoms with Gasteiger partial charge in [0.2, 0.25) is 0 Å². The average molecular weight is 357 g/mol. The molecule has 0 bridgehead atoms. The highest BCUT2D eigenvalue weighted by atomic mass is 16.7. The Morgan fingerprint density at radius 2 is 1.19 bits per heavy atom. The molecule has 2 aliphatic rings. The molecule has 1 heterocycles. The van der Waals surface area contributed by atoms with Crippen LogP contribution in [0.15, 0.2) is 0 Å². The van der Waals surface area contributed by atoms with Crippen LogP contribution in [0.1, 0.15) is 87.9 Å². The molecule has 0 spiro atoms. The molecule has 26 heavy (non-hydrogen) atoms. The van der Waals surface area contributed by atoms with Crippen LogP contribution in [0.2, 0.25) is 0 Å². The molecule has 5 nitrogen and oxygen atoms in total. The van der Waals surface area contributed by atoms with Gasteiger partial charge >= 0.3 is 5.97 Å². The highest BCUT2D eigenvalue weighted by Gasteiger charge is 2.43. The van der Waals surface area contributed by atoms with Crippen LogP contribution in [0.3, 0.4) is 0 Å². The Labute approximate surface area is 154 Å². The molecule has 0 N–H and O–H groups in total. The molecule has 1 aliphatic carbocycles. The molecule has 0 aromatic heterocycles. The van der Waals surface area contributed by atoms with E-state index in [0.717, 1.165) is 60.8 Å². The van der Waals surface area contributed by atoms with E-state index in [1.807, 2.05) is 27.7 Å². The molecular weight excluding hydrogens is 330 g/mol. The average Bonchev–Trinajstić information content (AvgIpc) is 2.82. The van der Waals surface area contributed by atoms with Crippen molar-refractivity contribution in [2.45, 2.75) is 72.6 Å². The lowest BCUT2D eigenvalue weighted by Crippen LogP contribution is -2.35. The van der Waals surface area contributed by atoms with Crippen LogP contribution in [0.5, 0.6) is 0 Å². The van der Waals surface area contributed by atoms with Crippen molar-refractivity contribution in [2.24, 2.45) is 5.92 Å². The first-order valence-electron chi connectivity index (χ1n) is 9.55. The Bertz CT molecular complexity index is 726. The van der Waals surface area contributed by atoms with Gasteiger partial charge in [-0.1, -0.05) is 37.2 Å². The van der Waals surface area contributed by atoms with Gasteiger partial charge in [0.25, 0.3) is 11.8 Å². The molecule has 5 heteroatoms. The van der Waals surface area contributed by atoms with E-state index in [4.69, 9.17) is 4.84 Å². The predicted molar refractivity (Wildman–Crippen MR) is 97.8 cm³/mol. The van der Waals surface area contributed by atoms with Crippen LogP contribution < -0.4 is 0 Å². The zero-order chi connectivity index (χ0) is 19.0. The van der Waals surface area contributed by atoms with Gasteiger partial charge in [0, 0.05) is 0 Å². The smallest absolute Gasteiger partial charge is 0.329 e. The Morgan fingerprint density at radius 1 is 0.769 bits per heavy atom. The van der Waals surface area contributed by atoms with Crippen molar-refractivity contribution in [3.05, 3.63) is 33.4 Å². The highest BCUT2D eigenvalue weighted by molar-refractivity contribution is 6.22. The molecule has 0 saturated heterocycles. The fourth-order valence-corrected chi connectivity index (χ4v) is 4.08. The monoisotopic (exact) mass is 357 g/mol. The van der Waals surface area contributed by atoms with Gasteiger partial charge in [-0.05, 0) is 62.8 Å².